The van der Waals surface area contributed by atoms with Crippen molar-refractivity contribution in [3.8, 4) is 0 Å². The first-order valence-electron chi connectivity index (χ1n) is 9.49. The van der Waals surface area contributed by atoms with Gasteiger partial charge in [-0.05, 0) is 45.2 Å². The van der Waals surface area contributed by atoms with E-state index in [2.05, 4.69) is 15.6 Å². The van der Waals surface area contributed by atoms with Gasteiger partial charge in [0.15, 0.2) is 5.96 Å². The fourth-order valence-electron chi connectivity index (χ4n) is 3.24. The van der Waals surface area contributed by atoms with Gasteiger partial charge in [0.1, 0.15) is 0 Å². The van der Waals surface area contributed by atoms with E-state index in [9.17, 15) is 17.4 Å². The summed E-state index contributed by atoms with van der Waals surface area (Å²) in [6.45, 7) is 6.83. The SMILES string of the molecule is CN=C(NCCS(=O)C(C)(C)C)NCC1(c2cccc(C(F)(F)F)c2)CCC1. The lowest BCUT2D eigenvalue weighted by Gasteiger charge is -2.43. The van der Waals surface area contributed by atoms with E-state index in [0.717, 1.165) is 25.3 Å². The van der Waals surface area contributed by atoms with Crippen LogP contribution in [0.4, 0.5) is 13.2 Å². The molecule has 2 N–H and O–H groups in total. The highest BCUT2D eigenvalue weighted by Crippen LogP contribution is 2.44. The second-order valence-corrected chi connectivity index (χ2v) is 10.6. The van der Waals surface area contributed by atoms with Crippen molar-refractivity contribution in [3.63, 3.8) is 0 Å². The van der Waals surface area contributed by atoms with Crippen molar-refractivity contribution in [1.29, 1.82) is 0 Å². The minimum Gasteiger partial charge on any atom is -0.356 e. The monoisotopic (exact) mass is 417 g/mol. The standard InChI is InChI=1S/C20H30F3N3OS/c1-18(2,3)28(27)12-11-25-17(24-4)26-14-19(9-6-10-19)15-7-5-8-16(13-15)20(21,22)23/h5,7-8,13H,6,9-12,14H2,1-4H3,(H2,24,25,26). The topological polar surface area (TPSA) is 53.5 Å². The van der Waals surface area contributed by atoms with E-state index in [1.165, 1.54) is 12.1 Å². The van der Waals surface area contributed by atoms with Gasteiger partial charge in [0.05, 0.1) is 5.56 Å². The average Bonchev–Trinajstić information content (AvgIpc) is 2.57. The van der Waals surface area contributed by atoms with E-state index in [4.69, 9.17) is 0 Å². The maximum Gasteiger partial charge on any atom is 0.416 e. The summed E-state index contributed by atoms with van der Waals surface area (Å²) in [5, 5.41) is 6.39. The molecule has 158 valence electrons. The second-order valence-electron chi connectivity index (χ2n) is 8.23. The third-order valence-corrected chi connectivity index (χ3v) is 7.13. The predicted molar refractivity (Wildman–Crippen MR) is 109 cm³/mol. The number of guanidine groups is 1. The first-order chi connectivity index (χ1) is 13.0. The van der Waals surface area contributed by atoms with E-state index in [1.807, 2.05) is 20.8 Å². The molecular weight excluding hydrogens is 387 g/mol. The van der Waals surface area contributed by atoms with Gasteiger partial charge in [-0.2, -0.15) is 13.2 Å². The second kappa shape index (κ2) is 8.84. The van der Waals surface area contributed by atoms with Crippen LogP contribution in [0.15, 0.2) is 29.3 Å². The molecule has 1 aliphatic carbocycles. The number of hydrogen-bond acceptors (Lipinski definition) is 2. The number of nitrogens with zero attached hydrogens (tertiary/aromatic N) is 1. The average molecular weight is 418 g/mol. The molecular formula is C20H30F3N3OS. The fourth-order valence-corrected chi connectivity index (χ4v) is 4.14. The van der Waals surface area contributed by atoms with E-state index in [1.54, 1.807) is 13.1 Å². The van der Waals surface area contributed by atoms with Crippen LogP contribution < -0.4 is 10.6 Å². The number of benzene rings is 1. The van der Waals surface area contributed by atoms with Crippen LogP contribution in [0.3, 0.4) is 0 Å². The third kappa shape index (κ3) is 5.72. The molecule has 4 nitrogen and oxygen atoms in total. The largest absolute Gasteiger partial charge is 0.416 e. The Labute approximate surface area is 167 Å². The Morgan fingerprint density at radius 2 is 1.89 bits per heavy atom. The van der Waals surface area contributed by atoms with Gasteiger partial charge in [-0.3, -0.25) is 9.20 Å². The van der Waals surface area contributed by atoms with Crippen molar-refractivity contribution in [2.75, 3.05) is 25.9 Å². The molecule has 1 fully saturated rings. The summed E-state index contributed by atoms with van der Waals surface area (Å²) in [6.07, 6.45) is -1.66. The Hall–Kier alpha value is -1.57. The molecule has 0 heterocycles. The quantitative estimate of drug-likeness (QED) is 0.546. The smallest absolute Gasteiger partial charge is 0.356 e. The molecule has 8 heteroatoms. The highest BCUT2D eigenvalue weighted by atomic mass is 32.2. The van der Waals surface area contributed by atoms with Gasteiger partial charge in [0, 0.05) is 46.9 Å². The molecule has 1 aliphatic rings. The number of rotatable bonds is 6. The van der Waals surface area contributed by atoms with E-state index >= 15 is 0 Å². The van der Waals surface area contributed by atoms with Gasteiger partial charge in [0.2, 0.25) is 0 Å². The Kier molecular flexibility index (Phi) is 7.17. The van der Waals surface area contributed by atoms with Crippen LogP contribution in [0.25, 0.3) is 0 Å². The molecule has 0 aliphatic heterocycles. The summed E-state index contributed by atoms with van der Waals surface area (Å²) in [5.74, 6) is 1.08. The summed E-state index contributed by atoms with van der Waals surface area (Å²) in [5.41, 5.74) is -0.207. The third-order valence-electron chi connectivity index (χ3n) is 5.19. The first-order valence-corrected chi connectivity index (χ1v) is 10.8. The zero-order valence-corrected chi connectivity index (χ0v) is 17.8. The lowest BCUT2D eigenvalue weighted by molar-refractivity contribution is -0.137. The number of aliphatic imine (C=N–C) groups is 1. The Balaban J connectivity index is 1.98. The van der Waals surface area contributed by atoms with Crippen molar-refractivity contribution in [2.24, 2.45) is 4.99 Å². The highest BCUT2D eigenvalue weighted by molar-refractivity contribution is 7.86. The molecule has 1 atom stereocenters. The Morgan fingerprint density at radius 1 is 1.21 bits per heavy atom. The van der Waals surface area contributed by atoms with Crippen molar-refractivity contribution in [3.05, 3.63) is 35.4 Å². The minimum atomic E-state index is -4.34. The molecule has 1 unspecified atom stereocenters. The first kappa shape index (κ1) is 22.7. The van der Waals surface area contributed by atoms with E-state index < -0.39 is 22.5 Å². The number of hydrogen-bond donors (Lipinski definition) is 2. The zero-order valence-electron chi connectivity index (χ0n) is 16.9. The molecule has 2 rings (SSSR count). The molecule has 0 aromatic heterocycles. The van der Waals surface area contributed by atoms with E-state index in [-0.39, 0.29) is 10.2 Å². The summed E-state index contributed by atoms with van der Waals surface area (Å²) in [7, 11) is 0.687. The van der Waals surface area contributed by atoms with Crippen LogP contribution in [-0.4, -0.2) is 40.8 Å². The van der Waals surface area contributed by atoms with Crippen LogP contribution in [0.5, 0.6) is 0 Å². The molecule has 1 saturated carbocycles. The maximum absolute atomic E-state index is 13.1. The van der Waals surface area contributed by atoms with Gasteiger partial charge in [-0.25, -0.2) is 0 Å². The Morgan fingerprint density at radius 3 is 2.39 bits per heavy atom. The summed E-state index contributed by atoms with van der Waals surface area (Å²) in [6, 6.07) is 5.63. The van der Waals surface area contributed by atoms with Gasteiger partial charge < -0.3 is 10.6 Å². The summed E-state index contributed by atoms with van der Waals surface area (Å²) < 4.78 is 51.1. The number of nitrogens with one attached hydrogen (secondary N) is 2. The fraction of sp³-hybridized carbons (Fsp3) is 0.650. The van der Waals surface area contributed by atoms with Crippen LogP contribution >= 0.6 is 0 Å². The van der Waals surface area contributed by atoms with Gasteiger partial charge in [0.25, 0.3) is 0 Å². The molecule has 0 bridgehead atoms. The van der Waals surface area contributed by atoms with Crippen molar-refractivity contribution < 1.29 is 17.4 Å². The van der Waals surface area contributed by atoms with Crippen molar-refractivity contribution in [1.82, 2.24) is 10.6 Å². The molecule has 28 heavy (non-hydrogen) atoms. The lowest BCUT2D eigenvalue weighted by atomic mass is 9.64. The van der Waals surface area contributed by atoms with E-state index in [0.29, 0.717) is 30.4 Å². The minimum absolute atomic E-state index is 0.266. The normalized spacial score (nSPS) is 18.3. The molecule has 1 aromatic rings. The molecule has 1 aromatic carbocycles. The highest BCUT2D eigenvalue weighted by Gasteiger charge is 2.40. The molecule has 0 radical (unpaired) electrons. The summed E-state index contributed by atoms with van der Waals surface area (Å²) >= 11 is 0. The van der Waals surface area contributed by atoms with Crippen LogP contribution in [0.2, 0.25) is 0 Å². The predicted octanol–water partition coefficient (Wildman–Crippen LogP) is 3.84. The number of halogens is 3. The molecule has 0 spiro atoms. The van der Waals surface area contributed by atoms with Gasteiger partial charge in [-0.1, -0.05) is 24.6 Å². The lowest BCUT2D eigenvalue weighted by Crippen LogP contribution is -2.49. The maximum atomic E-state index is 13.1. The van der Waals surface area contributed by atoms with Crippen LogP contribution in [-0.2, 0) is 22.4 Å². The van der Waals surface area contributed by atoms with Crippen molar-refractivity contribution >= 4 is 16.8 Å². The van der Waals surface area contributed by atoms with Gasteiger partial charge in [-0.15, -0.1) is 0 Å². The zero-order chi connectivity index (χ0) is 21.0. The summed E-state index contributed by atoms with van der Waals surface area (Å²) in [4.78, 5) is 4.17. The molecule has 0 saturated heterocycles. The number of alkyl halides is 3. The van der Waals surface area contributed by atoms with Crippen molar-refractivity contribution in [2.45, 2.75) is 56.4 Å². The van der Waals surface area contributed by atoms with Crippen LogP contribution in [0, 0.1) is 0 Å². The Bertz CT molecular complexity index is 722. The van der Waals surface area contributed by atoms with Gasteiger partial charge >= 0.3 is 6.18 Å². The van der Waals surface area contributed by atoms with Crippen LogP contribution in [0.1, 0.15) is 51.2 Å². The molecule has 0 amide bonds.